The molecule has 1 aromatic carbocycles. The summed E-state index contributed by atoms with van der Waals surface area (Å²) in [5, 5.41) is 24.3. The van der Waals surface area contributed by atoms with Crippen molar-refractivity contribution in [3.8, 4) is 6.07 Å². The minimum atomic E-state index is -0.485. The van der Waals surface area contributed by atoms with Crippen molar-refractivity contribution in [2.45, 2.75) is 6.54 Å². The molecule has 1 amide bonds. The van der Waals surface area contributed by atoms with E-state index >= 15 is 0 Å². The van der Waals surface area contributed by atoms with Gasteiger partial charge in [-0.15, -0.1) is 0 Å². The number of carbonyl (C=O) groups is 1. The summed E-state index contributed by atoms with van der Waals surface area (Å²) in [6, 6.07) is 6.92. The second-order valence-electron chi connectivity index (χ2n) is 3.93. The Hall–Kier alpha value is -2.72. The summed E-state index contributed by atoms with van der Waals surface area (Å²) in [6.07, 6.45) is 1.30. The van der Waals surface area contributed by atoms with Crippen LogP contribution < -0.4 is 5.32 Å². The number of aliphatic hydroxyl groups excluding tert-OH is 1. The molecule has 2 N–H and O–H groups in total. The van der Waals surface area contributed by atoms with Crippen LogP contribution in [0, 0.1) is 17.1 Å². The van der Waals surface area contributed by atoms with Crippen LogP contribution in [0.15, 0.2) is 30.5 Å². The largest absolute Gasteiger partial charge is 0.394 e. The Kier molecular flexibility index (Phi) is 4.08. The third-order valence-corrected chi connectivity index (χ3v) is 2.61. The van der Waals surface area contributed by atoms with Crippen LogP contribution in [-0.2, 0) is 6.54 Å². The van der Waals surface area contributed by atoms with E-state index in [2.05, 4.69) is 10.4 Å². The Morgan fingerprint density at radius 3 is 2.75 bits per heavy atom. The molecule has 6 nitrogen and oxygen atoms in total. The van der Waals surface area contributed by atoms with Gasteiger partial charge in [-0.3, -0.25) is 4.79 Å². The number of nitrogens with one attached hydrogen (secondary N) is 1. The SMILES string of the molecule is N#Cc1cnn(CCO)c1NC(=O)c1ccc(F)cc1. The maximum absolute atomic E-state index is 12.8. The van der Waals surface area contributed by atoms with Crippen LogP contribution >= 0.6 is 0 Å². The van der Waals surface area contributed by atoms with Gasteiger partial charge >= 0.3 is 0 Å². The van der Waals surface area contributed by atoms with Gasteiger partial charge in [0.05, 0.1) is 19.3 Å². The Labute approximate surface area is 114 Å². The molecule has 0 aliphatic carbocycles. The molecule has 0 spiro atoms. The molecule has 0 bridgehead atoms. The molecule has 0 saturated heterocycles. The van der Waals surface area contributed by atoms with Gasteiger partial charge in [0.1, 0.15) is 23.3 Å². The van der Waals surface area contributed by atoms with Crippen molar-refractivity contribution < 1.29 is 14.3 Å². The number of nitriles is 1. The summed E-state index contributed by atoms with van der Waals surface area (Å²) in [5.41, 5.74) is 0.445. The van der Waals surface area contributed by atoms with Crippen LogP contribution in [0.4, 0.5) is 10.2 Å². The molecule has 1 heterocycles. The molecule has 20 heavy (non-hydrogen) atoms. The minimum absolute atomic E-state index is 0.153. The summed E-state index contributed by atoms with van der Waals surface area (Å²) < 4.78 is 14.1. The molecule has 0 fully saturated rings. The second kappa shape index (κ2) is 5.95. The topological polar surface area (TPSA) is 90.9 Å². The zero-order valence-electron chi connectivity index (χ0n) is 10.4. The fourth-order valence-electron chi connectivity index (χ4n) is 1.64. The smallest absolute Gasteiger partial charge is 0.256 e. The first-order valence-corrected chi connectivity index (χ1v) is 5.79. The van der Waals surface area contributed by atoms with Gasteiger partial charge in [-0.25, -0.2) is 9.07 Å². The quantitative estimate of drug-likeness (QED) is 0.874. The normalized spacial score (nSPS) is 10.1. The average Bonchev–Trinajstić information content (AvgIpc) is 2.82. The highest BCUT2D eigenvalue weighted by Crippen LogP contribution is 2.15. The van der Waals surface area contributed by atoms with Gasteiger partial charge in [0.25, 0.3) is 5.91 Å². The Morgan fingerprint density at radius 1 is 1.45 bits per heavy atom. The highest BCUT2D eigenvalue weighted by molar-refractivity contribution is 6.04. The van der Waals surface area contributed by atoms with E-state index in [1.165, 1.54) is 35.1 Å². The number of carbonyl (C=O) groups excluding carboxylic acids is 1. The zero-order chi connectivity index (χ0) is 14.5. The number of amides is 1. The summed E-state index contributed by atoms with van der Waals surface area (Å²) in [7, 11) is 0. The van der Waals surface area contributed by atoms with E-state index in [4.69, 9.17) is 10.4 Å². The van der Waals surface area contributed by atoms with E-state index in [1.807, 2.05) is 6.07 Å². The first-order valence-electron chi connectivity index (χ1n) is 5.79. The van der Waals surface area contributed by atoms with E-state index in [9.17, 15) is 9.18 Å². The molecule has 2 aromatic rings. The van der Waals surface area contributed by atoms with Crippen LogP contribution in [-0.4, -0.2) is 27.4 Å². The van der Waals surface area contributed by atoms with Crippen molar-refractivity contribution in [1.82, 2.24) is 9.78 Å². The highest BCUT2D eigenvalue weighted by Gasteiger charge is 2.14. The van der Waals surface area contributed by atoms with Crippen molar-refractivity contribution >= 4 is 11.7 Å². The van der Waals surface area contributed by atoms with Gasteiger partial charge in [-0.1, -0.05) is 0 Å². The lowest BCUT2D eigenvalue weighted by Crippen LogP contribution is -2.17. The highest BCUT2D eigenvalue weighted by atomic mass is 19.1. The molecule has 7 heteroatoms. The van der Waals surface area contributed by atoms with E-state index in [1.54, 1.807) is 0 Å². The van der Waals surface area contributed by atoms with Crippen molar-refractivity contribution in [1.29, 1.82) is 5.26 Å². The zero-order valence-corrected chi connectivity index (χ0v) is 10.4. The molecular formula is C13H11FN4O2. The van der Waals surface area contributed by atoms with Crippen molar-refractivity contribution in [3.05, 3.63) is 47.4 Å². The summed E-state index contributed by atoms with van der Waals surface area (Å²) in [5.74, 6) is -0.721. The van der Waals surface area contributed by atoms with E-state index in [-0.39, 0.29) is 30.1 Å². The predicted octanol–water partition coefficient (Wildman–Crippen LogP) is 1.14. The first-order chi connectivity index (χ1) is 9.65. The second-order valence-corrected chi connectivity index (χ2v) is 3.93. The monoisotopic (exact) mass is 274 g/mol. The van der Waals surface area contributed by atoms with Crippen LogP contribution in [0.1, 0.15) is 15.9 Å². The van der Waals surface area contributed by atoms with E-state index in [0.29, 0.717) is 0 Å². The molecular weight excluding hydrogens is 263 g/mol. The number of aliphatic hydroxyl groups is 1. The number of hydrogen-bond acceptors (Lipinski definition) is 4. The fourth-order valence-corrected chi connectivity index (χ4v) is 1.64. The molecule has 2 rings (SSSR count). The number of halogens is 1. The van der Waals surface area contributed by atoms with Crippen molar-refractivity contribution in [2.75, 3.05) is 11.9 Å². The molecule has 0 unspecified atom stereocenters. The lowest BCUT2D eigenvalue weighted by molar-refractivity contribution is 0.102. The number of nitrogens with zero attached hydrogens (tertiary/aromatic N) is 3. The number of hydrogen-bond donors (Lipinski definition) is 2. The third kappa shape index (κ3) is 2.81. The van der Waals surface area contributed by atoms with Crippen LogP contribution in [0.5, 0.6) is 0 Å². The molecule has 0 saturated carbocycles. The molecule has 0 aliphatic rings. The number of benzene rings is 1. The van der Waals surface area contributed by atoms with Crippen LogP contribution in [0.3, 0.4) is 0 Å². The van der Waals surface area contributed by atoms with Crippen LogP contribution in [0.2, 0.25) is 0 Å². The molecule has 0 aliphatic heterocycles. The van der Waals surface area contributed by atoms with Crippen LogP contribution in [0.25, 0.3) is 0 Å². The Bertz CT molecular complexity index is 658. The number of aromatic nitrogens is 2. The molecule has 1 aromatic heterocycles. The van der Waals surface area contributed by atoms with Crippen molar-refractivity contribution in [3.63, 3.8) is 0 Å². The fraction of sp³-hybridized carbons (Fsp3) is 0.154. The Morgan fingerprint density at radius 2 is 2.15 bits per heavy atom. The van der Waals surface area contributed by atoms with Gasteiger partial charge in [0.15, 0.2) is 0 Å². The number of rotatable bonds is 4. The molecule has 102 valence electrons. The van der Waals surface area contributed by atoms with Gasteiger partial charge < -0.3 is 10.4 Å². The molecule has 0 radical (unpaired) electrons. The number of anilines is 1. The lowest BCUT2D eigenvalue weighted by Gasteiger charge is -2.08. The maximum Gasteiger partial charge on any atom is 0.256 e. The van der Waals surface area contributed by atoms with E-state index in [0.717, 1.165) is 0 Å². The lowest BCUT2D eigenvalue weighted by atomic mass is 10.2. The van der Waals surface area contributed by atoms with Gasteiger partial charge in [-0.05, 0) is 24.3 Å². The minimum Gasteiger partial charge on any atom is -0.394 e. The predicted molar refractivity (Wildman–Crippen MR) is 68.4 cm³/mol. The van der Waals surface area contributed by atoms with Gasteiger partial charge in [0, 0.05) is 5.56 Å². The average molecular weight is 274 g/mol. The first kappa shape index (κ1) is 13.7. The maximum atomic E-state index is 12.8. The Balaban J connectivity index is 2.25. The standard InChI is InChI=1S/C13H11FN4O2/c14-11-3-1-9(2-4-11)13(20)17-12-10(7-15)8-16-18(12)5-6-19/h1-4,8,19H,5-6H2,(H,17,20). The van der Waals surface area contributed by atoms with Crippen molar-refractivity contribution in [2.24, 2.45) is 0 Å². The third-order valence-electron chi connectivity index (χ3n) is 2.61. The van der Waals surface area contributed by atoms with Gasteiger partial charge in [-0.2, -0.15) is 10.4 Å². The van der Waals surface area contributed by atoms with Gasteiger partial charge in [0.2, 0.25) is 0 Å². The summed E-state index contributed by atoms with van der Waals surface area (Å²) in [4.78, 5) is 12.0. The molecule has 0 atom stereocenters. The summed E-state index contributed by atoms with van der Waals surface area (Å²) >= 11 is 0. The van der Waals surface area contributed by atoms with E-state index < -0.39 is 11.7 Å². The summed E-state index contributed by atoms with van der Waals surface area (Å²) in [6.45, 7) is -0.0212.